The van der Waals surface area contributed by atoms with E-state index < -0.39 is 36.5 Å². The summed E-state index contributed by atoms with van der Waals surface area (Å²) in [6.45, 7) is 2.20. The van der Waals surface area contributed by atoms with Crippen molar-refractivity contribution in [2.24, 2.45) is 0 Å². The van der Waals surface area contributed by atoms with Crippen molar-refractivity contribution in [2.45, 2.75) is 63.6 Å². The average Bonchev–Trinajstić information content (AvgIpc) is 3.42. The fourth-order valence-electron chi connectivity index (χ4n) is 5.22. The summed E-state index contributed by atoms with van der Waals surface area (Å²) in [5, 5.41) is 48.9. The first-order valence-electron chi connectivity index (χ1n) is 15.8. The molecule has 4 unspecified atom stereocenters. The molecule has 3 aromatic rings. The lowest BCUT2D eigenvalue weighted by Crippen LogP contribution is -2.52. The number of fused-ring (bicyclic) bond motifs is 1. The second kappa shape index (κ2) is 18.5. The molecule has 0 spiro atoms. The summed E-state index contributed by atoms with van der Waals surface area (Å²) in [6, 6.07) is 14.6. The lowest BCUT2D eigenvalue weighted by Gasteiger charge is -2.35. The first-order chi connectivity index (χ1) is 23.2. The van der Waals surface area contributed by atoms with Crippen molar-refractivity contribution in [3.05, 3.63) is 59.8 Å². The molecule has 1 aliphatic rings. The summed E-state index contributed by atoms with van der Waals surface area (Å²) in [6.07, 6.45) is -5.81. The van der Waals surface area contributed by atoms with Crippen LogP contribution in [-0.2, 0) is 48.3 Å². The van der Waals surface area contributed by atoms with Crippen molar-refractivity contribution < 1.29 is 53.8 Å². The van der Waals surface area contributed by atoms with Crippen LogP contribution in [0.2, 0.25) is 0 Å². The lowest BCUT2D eigenvalue weighted by atomic mass is 10.0. The van der Waals surface area contributed by atoms with Gasteiger partial charge in [-0.15, -0.1) is 0 Å². The van der Waals surface area contributed by atoms with E-state index in [1.807, 2.05) is 25.2 Å². The van der Waals surface area contributed by atoms with Crippen LogP contribution in [0.1, 0.15) is 30.5 Å². The van der Waals surface area contributed by atoms with E-state index >= 15 is 0 Å². The number of carboxylic acids is 1. The molecule has 0 saturated carbocycles. The molecule has 1 fully saturated rings. The molecule has 15 heteroatoms. The molecular weight excluding hydrogens is 628 g/mol. The number of carbonyl (C=O) groups is 3. The number of aliphatic hydroxyl groups excluding tert-OH is 3. The van der Waals surface area contributed by atoms with E-state index in [2.05, 4.69) is 32.7 Å². The van der Waals surface area contributed by atoms with E-state index in [1.165, 1.54) is 18.2 Å². The van der Waals surface area contributed by atoms with E-state index in [1.54, 1.807) is 0 Å². The lowest BCUT2D eigenvalue weighted by molar-refractivity contribution is -0.238. The number of carboxylic acid groups (broad SMARTS) is 1. The van der Waals surface area contributed by atoms with Crippen molar-refractivity contribution in [1.82, 2.24) is 15.2 Å². The molecule has 262 valence electrons. The summed E-state index contributed by atoms with van der Waals surface area (Å²) in [7, 11) is 1.89. The molecule has 1 saturated heterocycles. The third-order valence-corrected chi connectivity index (χ3v) is 7.68. The van der Waals surface area contributed by atoms with Gasteiger partial charge in [0.2, 0.25) is 18.1 Å². The highest BCUT2D eigenvalue weighted by Crippen LogP contribution is 2.31. The number of nitrogens with one attached hydrogen (secondary N) is 3. The Labute approximate surface area is 277 Å². The van der Waals surface area contributed by atoms with Gasteiger partial charge in [-0.25, -0.2) is 4.79 Å². The minimum Gasteiger partial charge on any atom is -0.479 e. The number of carbonyl (C=O) groups excluding carboxylic acids is 2. The number of aliphatic carboxylic acids is 1. The standard InChI is InChI=1S/C33H44N4O11/c1-34-19-23-17-22-4-2-3-5-25(22)37(23)11-8-29(40)35-10-13-46-15-14-45-12-9-30(41)36-24-16-21(20-38)6-7-27(24)47-33-31(42)26(39)18-28(48-33)32(43)44/h2-7,16-17,26,28,31,33-34,38-39,42H,8-15,18-20H2,1H3,(H,35,40)(H,36,41)(H,43,44). The van der Waals surface area contributed by atoms with Gasteiger partial charge in [-0.1, -0.05) is 24.3 Å². The molecule has 0 aliphatic carbocycles. The number of aliphatic hydroxyl groups is 3. The Morgan fingerprint density at radius 1 is 0.979 bits per heavy atom. The summed E-state index contributed by atoms with van der Waals surface area (Å²) < 4.78 is 24.1. The molecule has 15 nitrogen and oxygen atoms in total. The van der Waals surface area contributed by atoms with Gasteiger partial charge in [0.05, 0.1) is 51.2 Å². The van der Waals surface area contributed by atoms with Gasteiger partial charge >= 0.3 is 5.97 Å². The molecule has 0 radical (unpaired) electrons. The van der Waals surface area contributed by atoms with Crippen LogP contribution in [0.3, 0.4) is 0 Å². The first kappa shape index (κ1) is 36.7. The highest BCUT2D eigenvalue weighted by Gasteiger charge is 2.41. The molecule has 2 heterocycles. The number of benzene rings is 2. The number of ether oxygens (including phenoxy) is 4. The minimum atomic E-state index is -1.53. The third-order valence-electron chi connectivity index (χ3n) is 7.68. The Morgan fingerprint density at radius 3 is 2.50 bits per heavy atom. The van der Waals surface area contributed by atoms with Gasteiger partial charge in [0, 0.05) is 43.7 Å². The Bertz CT molecular complexity index is 1510. The van der Waals surface area contributed by atoms with E-state index in [-0.39, 0.29) is 56.6 Å². The highest BCUT2D eigenvalue weighted by atomic mass is 16.7. The highest BCUT2D eigenvalue weighted by molar-refractivity contribution is 5.92. The zero-order valence-corrected chi connectivity index (χ0v) is 26.8. The maximum absolute atomic E-state index is 12.6. The van der Waals surface area contributed by atoms with Gasteiger partial charge in [-0.3, -0.25) is 9.59 Å². The van der Waals surface area contributed by atoms with E-state index in [0.29, 0.717) is 38.2 Å². The normalized spacial score (nSPS) is 19.2. The Morgan fingerprint density at radius 2 is 1.75 bits per heavy atom. The third kappa shape index (κ3) is 10.5. The smallest absolute Gasteiger partial charge is 0.333 e. The number of rotatable bonds is 19. The van der Waals surface area contributed by atoms with Crippen molar-refractivity contribution in [2.75, 3.05) is 45.3 Å². The summed E-state index contributed by atoms with van der Waals surface area (Å²) in [5.41, 5.74) is 2.82. The number of hydrogen-bond acceptors (Lipinski definition) is 11. The molecule has 2 aromatic carbocycles. The van der Waals surface area contributed by atoms with Gasteiger partial charge < -0.3 is 59.9 Å². The molecule has 1 aromatic heterocycles. The Kier molecular flexibility index (Phi) is 14.1. The Hall–Kier alpha value is -4.09. The van der Waals surface area contributed by atoms with Crippen molar-refractivity contribution in [1.29, 1.82) is 0 Å². The van der Waals surface area contributed by atoms with Crippen LogP contribution >= 0.6 is 0 Å². The monoisotopic (exact) mass is 672 g/mol. The minimum absolute atomic E-state index is 0.0199. The van der Waals surface area contributed by atoms with Crippen molar-refractivity contribution in [3.8, 4) is 5.75 Å². The SMILES string of the molecule is CNCc1cc2ccccc2n1CCC(=O)NCCOCCOCCC(=O)Nc1cc(CO)ccc1OC1OC(C(=O)O)CC(O)C1O. The molecule has 4 rings (SSSR count). The molecule has 4 atom stereocenters. The number of aromatic nitrogens is 1. The van der Waals surface area contributed by atoms with E-state index in [0.717, 1.165) is 16.6 Å². The van der Waals surface area contributed by atoms with Gasteiger partial charge in [-0.05, 0) is 42.3 Å². The van der Waals surface area contributed by atoms with Gasteiger partial charge in [-0.2, -0.15) is 0 Å². The zero-order chi connectivity index (χ0) is 34.5. The molecule has 0 bridgehead atoms. The second-order valence-electron chi connectivity index (χ2n) is 11.2. The van der Waals surface area contributed by atoms with Crippen LogP contribution in [0.5, 0.6) is 5.75 Å². The van der Waals surface area contributed by atoms with Gasteiger partial charge in [0.1, 0.15) is 11.9 Å². The number of hydrogen-bond donors (Lipinski definition) is 7. The zero-order valence-electron chi connectivity index (χ0n) is 26.8. The van der Waals surface area contributed by atoms with Crippen LogP contribution in [-0.4, -0.2) is 107 Å². The number of amides is 2. The van der Waals surface area contributed by atoms with Crippen LogP contribution in [0.25, 0.3) is 10.9 Å². The van der Waals surface area contributed by atoms with Crippen molar-refractivity contribution >= 4 is 34.4 Å². The maximum Gasteiger partial charge on any atom is 0.333 e. The number of anilines is 1. The largest absolute Gasteiger partial charge is 0.479 e. The quantitative estimate of drug-likeness (QED) is 0.0879. The van der Waals surface area contributed by atoms with E-state index in [4.69, 9.17) is 18.9 Å². The number of para-hydroxylation sites is 1. The number of aryl methyl sites for hydroxylation is 1. The maximum atomic E-state index is 12.6. The fraction of sp³-hybridized carbons (Fsp3) is 0.485. The molecule has 48 heavy (non-hydrogen) atoms. The predicted molar refractivity (Wildman–Crippen MR) is 173 cm³/mol. The summed E-state index contributed by atoms with van der Waals surface area (Å²) >= 11 is 0. The van der Waals surface area contributed by atoms with Crippen LogP contribution in [0.15, 0.2) is 48.5 Å². The fourth-order valence-corrected chi connectivity index (χ4v) is 5.22. The summed E-state index contributed by atoms with van der Waals surface area (Å²) in [4.78, 5) is 36.4. The first-order valence-corrected chi connectivity index (χ1v) is 15.8. The van der Waals surface area contributed by atoms with Crippen LogP contribution < -0.4 is 20.7 Å². The van der Waals surface area contributed by atoms with Gasteiger partial charge in [0.25, 0.3) is 0 Å². The number of nitrogens with zero attached hydrogens (tertiary/aromatic N) is 1. The topological polar surface area (TPSA) is 210 Å². The summed E-state index contributed by atoms with van der Waals surface area (Å²) in [5.74, 6) is -1.78. The second-order valence-corrected chi connectivity index (χ2v) is 11.2. The van der Waals surface area contributed by atoms with Crippen molar-refractivity contribution in [3.63, 3.8) is 0 Å². The molecule has 1 aliphatic heterocycles. The van der Waals surface area contributed by atoms with Gasteiger partial charge in [0.15, 0.2) is 6.10 Å². The molecule has 7 N–H and O–H groups in total. The molecular formula is C33H44N4O11. The van der Waals surface area contributed by atoms with Crippen LogP contribution in [0, 0.1) is 0 Å². The predicted octanol–water partition coefficient (Wildman–Crippen LogP) is 0.722. The molecule has 2 amide bonds. The average molecular weight is 673 g/mol. The van der Waals surface area contributed by atoms with E-state index in [9.17, 15) is 34.8 Å². The Balaban J connectivity index is 1.12. The van der Waals surface area contributed by atoms with Crippen LogP contribution in [0.4, 0.5) is 5.69 Å².